The molecular formula is C23H18F2N4O4S. The number of fused-ring (bicyclic) bond motifs is 4. The molecule has 0 bridgehead atoms. The van der Waals surface area contributed by atoms with Crippen LogP contribution in [0.5, 0.6) is 5.75 Å². The van der Waals surface area contributed by atoms with Gasteiger partial charge in [0.2, 0.25) is 10.0 Å². The number of alkyl halides is 2. The lowest BCUT2D eigenvalue weighted by Crippen LogP contribution is -2.32. The molecule has 11 heteroatoms. The Bertz CT molecular complexity index is 1580. The summed E-state index contributed by atoms with van der Waals surface area (Å²) in [6.07, 6.45) is 5.49. The first-order chi connectivity index (χ1) is 16.2. The summed E-state index contributed by atoms with van der Waals surface area (Å²) in [7, 11) is -3.56. The van der Waals surface area contributed by atoms with Gasteiger partial charge in [0.15, 0.2) is 11.3 Å². The van der Waals surface area contributed by atoms with E-state index in [1.807, 2.05) is 0 Å². The van der Waals surface area contributed by atoms with E-state index >= 15 is 0 Å². The molecule has 0 amide bonds. The van der Waals surface area contributed by atoms with Gasteiger partial charge in [0.05, 0.1) is 17.7 Å². The van der Waals surface area contributed by atoms with Gasteiger partial charge >= 0.3 is 6.61 Å². The van der Waals surface area contributed by atoms with Crippen molar-refractivity contribution in [2.45, 2.75) is 31.3 Å². The number of anilines is 1. The highest BCUT2D eigenvalue weighted by molar-refractivity contribution is 7.92. The first-order valence-electron chi connectivity index (χ1n) is 10.3. The molecule has 4 aromatic rings. The van der Waals surface area contributed by atoms with Gasteiger partial charge in [-0.15, -0.1) is 0 Å². The Hall–Kier alpha value is -3.78. The molecule has 1 aliphatic rings. The zero-order chi connectivity index (χ0) is 24.1. The third kappa shape index (κ3) is 3.80. The number of hydrogen-bond donors (Lipinski definition) is 1. The maximum atomic E-state index is 13.1. The van der Waals surface area contributed by atoms with Crippen LogP contribution in [-0.4, -0.2) is 31.3 Å². The van der Waals surface area contributed by atoms with E-state index in [1.54, 1.807) is 24.4 Å². The molecule has 1 N–H and O–H groups in total. The van der Waals surface area contributed by atoms with Crippen molar-refractivity contribution in [3.8, 4) is 11.8 Å². The molecule has 2 heterocycles. The molecule has 1 unspecified atom stereocenters. The third-order valence-corrected chi connectivity index (χ3v) is 6.60. The molecule has 0 fully saturated rings. The van der Waals surface area contributed by atoms with Crippen LogP contribution >= 0.6 is 0 Å². The number of hydrogen-bond acceptors (Lipinski definition) is 7. The van der Waals surface area contributed by atoms with Crippen LogP contribution in [0.3, 0.4) is 0 Å². The topological polar surface area (TPSA) is 118 Å². The number of nitrogens with one attached hydrogen (secondary N) is 1. The van der Waals surface area contributed by atoms with Crippen LogP contribution in [-0.2, 0) is 28.3 Å². The normalized spacial score (nSPS) is 18.1. The fourth-order valence-electron chi connectivity index (χ4n) is 4.61. The van der Waals surface area contributed by atoms with Gasteiger partial charge in [-0.05, 0) is 54.7 Å². The molecule has 1 atom stereocenters. The van der Waals surface area contributed by atoms with Gasteiger partial charge in [-0.1, -0.05) is 6.07 Å². The van der Waals surface area contributed by atoms with Crippen molar-refractivity contribution in [3.05, 3.63) is 59.7 Å². The molecule has 0 spiro atoms. The van der Waals surface area contributed by atoms with E-state index in [1.165, 1.54) is 18.5 Å². The summed E-state index contributed by atoms with van der Waals surface area (Å²) < 4.78 is 62.7. The highest BCUT2D eigenvalue weighted by Gasteiger charge is 2.39. The first kappa shape index (κ1) is 22.0. The Morgan fingerprint density at radius 1 is 1.29 bits per heavy atom. The van der Waals surface area contributed by atoms with Gasteiger partial charge in [-0.25, -0.2) is 18.4 Å². The van der Waals surface area contributed by atoms with Crippen molar-refractivity contribution < 1.29 is 26.4 Å². The quantitative estimate of drug-likeness (QED) is 0.449. The van der Waals surface area contributed by atoms with Crippen molar-refractivity contribution in [2.24, 2.45) is 0 Å². The van der Waals surface area contributed by atoms with Crippen LogP contribution in [0.25, 0.3) is 21.9 Å². The third-order valence-electron chi connectivity index (χ3n) is 5.99. The Morgan fingerprint density at radius 3 is 2.85 bits per heavy atom. The van der Waals surface area contributed by atoms with Gasteiger partial charge in [-0.2, -0.15) is 14.0 Å². The van der Waals surface area contributed by atoms with Gasteiger partial charge in [0.1, 0.15) is 11.9 Å². The summed E-state index contributed by atoms with van der Waals surface area (Å²) in [5.74, 6) is -0.171. The number of nitrogens with zero attached hydrogens (tertiary/aromatic N) is 3. The number of rotatable bonds is 5. The van der Waals surface area contributed by atoms with E-state index in [-0.39, 0.29) is 17.0 Å². The number of ether oxygens (including phenoxy) is 1. The summed E-state index contributed by atoms with van der Waals surface area (Å²) >= 11 is 0. The van der Waals surface area contributed by atoms with E-state index in [0.29, 0.717) is 41.2 Å². The van der Waals surface area contributed by atoms with Crippen molar-refractivity contribution in [1.82, 2.24) is 9.97 Å². The van der Waals surface area contributed by atoms with E-state index < -0.39 is 22.0 Å². The molecule has 1 aliphatic carbocycles. The molecular weight excluding hydrogens is 466 g/mol. The summed E-state index contributed by atoms with van der Waals surface area (Å²) in [5, 5.41) is 11.2. The summed E-state index contributed by atoms with van der Waals surface area (Å²) in [4.78, 5) is 8.38. The molecule has 8 nitrogen and oxygen atoms in total. The van der Waals surface area contributed by atoms with Crippen molar-refractivity contribution in [2.75, 3.05) is 11.0 Å². The predicted octanol–water partition coefficient (Wildman–Crippen LogP) is 4.30. The fraction of sp³-hybridized carbons (Fsp3) is 0.261. The van der Waals surface area contributed by atoms with Gasteiger partial charge in [-0.3, -0.25) is 4.72 Å². The minimum Gasteiger partial charge on any atom is -0.452 e. The summed E-state index contributed by atoms with van der Waals surface area (Å²) in [6, 6.07) is 10.0. The number of halogens is 2. The second-order valence-corrected chi connectivity index (χ2v) is 9.99. The lowest BCUT2D eigenvalue weighted by atomic mass is 9.68. The molecule has 34 heavy (non-hydrogen) atoms. The number of sulfonamides is 1. The van der Waals surface area contributed by atoms with E-state index in [2.05, 4.69) is 20.8 Å². The molecule has 0 saturated carbocycles. The highest BCUT2D eigenvalue weighted by atomic mass is 32.2. The highest BCUT2D eigenvalue weighted by Crippen LogP contribution is 2.46. The zero-order valence-electron chi connectivity index (χ0n) is 17.9. The van der Waals surface area contributed by atoms with Gasteiger partial charge < -0.3 is 9.15 Å². The Labute approximate surface area is 193 Å². The van der Waals surface area contributed by atoms with Crippen LogP contribution < -0.4 is 9.46 Å². The van der Waals surface area contributed by atoms with Crippen molar-refractivity contribution >= 4 is 37.6 Å². The van der Waals surface area contributed by atoms with E-state index in [4.69, 9.17) is 9.15 Å². The maximum Gasteiger partial charge on any atom is 0.387 e. The molecule has 2 aromatic carbocycles. The monoisotopic (exact) mass is 484 g/mol. The second-order valence-electron chi connectivity index (χ2n) is 8.25. The first-order valence-corrected chi connectivity index (χ1v) is 12.2. The number of benzene rings is 2. The standard InChI is InChI=1S/C23H18F2N4O4S/c1-34(30,31)29-14-2-4-18-15(8-14)20-16(3-5-19(21(20)32-18)33-22(24)25)23(11-26)7-6-17-13(9-23)10-27-12-28-17/h2-5,8,10,12,22,29H,6-7,9H2,1H3. The minimum absolute atomic E-state index is 0.0639. The Morgan fingerprint density at radius 2 is 2.12 bits per heavy atom. The number of aromatic nitrogens is 2. The van der Waals surface area contributed by atoms with Crippen LogP contribution in [0.15, 0.2) is 47.3 Å². The largest absolute Gasteiger partial charge is 0.452 e. The average molecular weight is 484 g/mol. The van der Waals surface area contributed by atoms with E-state index in [0.717, 1.165) is 17.5 Å². The molecule has 174 valence electrons. The summed E-state index contributed by atoms with van der Waals surface area (Å²) in [5.41, 5.74) is 1.96. The van der Waals surface area contributed by atoms with Crippen molar-refractivity contribution in [1.29, 1.82) is 5.26 Å². The molecule has 5 rings (SSSR count). The van der Waals surface area contributed by atoms with E-state index in [9.17, 15) is 22.5 Å². The van der Waals surface area contributed by atoms with Crippen LogP contribution in [0.4, 0.5) is 14.5 Å². The smallest absolute Gasteiger partial charge is 0.387 e. The number of aryl methyl sites for hydroxylation is 1. The Balaban J connectivity index is 1.78. The van der Waals surface area contributed by atoms with Crippen LogP contribution in [0.2, 0.25) is 0 Å². The van der Waals surface area contributed by atoms with Crippen LogP contribution in [0.1, 0.15) is 23.2 Å². The molecule has 0 radical (unpaired) electrons. The lowest BCUT2D eigenvalue weighted by Gasteiger charge is -2.32. The fourth-order valence-corrected chi connectivity index (χ4v) is 5.16. The zero-order valence-corrected chi connectivity index (χ0v) is 18.7. The second kappa shape index (κ2) is 7.92. The lowest BCUT2D eigenvalue weighted by molar-refractivity contribution is -0.0493. The number of furan rings is 1. The molecule has 0 aliphatic heterocycles. The molecule has 2 aromatic heterocycles. The average Bonchev–Trinajstić information content (AvgIpc) is 3.17. The number of nitriles is 1. The Kier molecular flexibility index (Phi) is 5.13. The predicted molar refractivity (Wildman–Crippen MR) is 120 cm³/mol. The summed E-state index contributed by atoms with van der Waals surface area (Å²) in [6.45, 7) is -3.08. The molecule has 0 saturated heterocycles. The van der Waals surface area contributed by atoms with Crippen molar-refractivity contribution in [3.63, 3.8) is 0 Å². The minimum atomic E-state index is -3.56. The van der Waals surface area contributed by atoms with Crippen LogP contribution in [0, 0.1) is 11.3 Å². The maximum absolute atomic E-state index is 13.1. The SMILES string of the molecule is CS(=O)(=O)Nc1ccc2oc3c(OC(F)F)ccc(C4(C#N)CCc5ncncc5C4)c3c2c1. The van der Waals surface area contributed by atoms with Gasteiger partial charge in [0, 0.05) is 28.4 Å². The van der Waals surface area contributed by atoms with Gasteiger partial charge in [0.25, 0.3) is 0 Å².